The zero-order valence-electron chi connectivity index (χ0n) is 24.7. The lowest BCUT2D eigenvalue weighted by atomic mass is 10.1. The van der Waals surface area contributed by atoms with Crippen LogP contribution < -0.4 is 15.2 Å². The quantitative estimate of drug-likeness (QED) is 0.138. The average Bonchev–Trinajstić information content (AvgIpc) is 3.65. The van der Waals surface area contributed by atoms with Crippen LogP contribution in [0.2, 0.25) is 0 Å². The van der Waals surface area contributed by atoms with E-state index < -0.39 is 6.36 Å². The molecule has 0 N–H and O–H groups in total. The summed E-state index contributed by atoms with van der Waals surface area (Å²) in [6.07, 6.45) is 0.142. The van der Waals surface area contributed by atoms with Crippen molar-refractivity contribution >= 4 is 28.5 Å². The Bertz CT molecular complexity index is 1910. The minimum absolute atomic E-state index is 0.115. The SMILES string of the molecule is CCc1ccccc1-n1c(=O)n(CC)s/c1=N\C(=NCCc1ccc(-c2ncn(-c3ccc(OC(F)(F)F)cc3)n2)cc1)SC. The molecule has 0 fully saturated rings. The van der Waals surface area contributed by atoms with E-state index in [1.807, 2.05) is 61.7 Å². The number of aromatic nitrogens is 5. The number of aliphatic imine (C=N–C) groups is 1. The predicted octanol–water partition coefficient (Wildman–Crippen LogP) is 6.29. The summed E-state index contributed by atoms with van der Waals surface area (Å²) in [5.41, 5.74) is 4.20. The Morgan fingerprint density at radius 2 is 1.76 bits per heavy atom. The van der Waals surface area contributed by atoms with Gasteiger partial charge in [0.2, 0.25) is 4.80 Å². The Morgan fingerprint density at radius 3 is 2.42 bits per heavy atom. The molecule has 3 aromatic carbocycles. The fourth-order valence-electron chi connectivity index (χ4n) is 4.52. The molecule has 9 nitrogen and oxygen atoms in total. The number of hydrogen-bond acceptors (Lipinski definition) is 7. The van der Waals surface area contributed by atoms with Crippen LogP contribution in [-0.4, -0.2) is 47.6 Å². The molecule has 2 heterocycles. The first-order valence-electron chi connectivity index (χ1n) is 14.1. The van der Waals surface area contributed by atoms with E-state index in [1.165, 1.54) is 58.6 Å². The highest BCUT2D eigenvalue weighted by molar-refractivity contribution is 8.13. The van der Waals surface area contributed by atoms with Crippen molar-refractivity contribution in [3.05, 3.63) is 106 Å². The third-order valence-corrected chi connectivity index (χ3v) is 8.41. The fourth-order valence-corrected chi connectivity index (χ4v) is 5.85. The van der Waals surface area contributed by atoms with Gasteiger partial charge in [-0.05, 0) is 79.0 Å². The van der Waals surface area contributed by atoms with E-state index in [-0.39, 0.29) is 11.4 Å². The topological polar surface area (TPSA) is 91.6 Å². The van der Waals surface area contributed by atoms with Crippen molar-refractivity contribution in [1.82, 2.24) is 23.3 Å². The largest absolute Gasteiger partial charge is 0.573 e. The van der Waals surface area contributed by atoms with Crippen LogP contribution in [0.3, 0.4) is 0 Å². The number of para-hydroxylation sites is 1. The van der Waals surface area contributed by atoms with E-state index in [1.54, 1.807) is 8.52 Å². The van der Waals surface area contributed by atoms with Gasteiger partial charge in [0, 0.05) is 18.7 Å². The van der Waals surface area contributed by atoms with Crippen LogP contribution in [-0.2, 0) is 19.4 Å². The molecule has 234 valence electrons. The number of aryl methyl sites for hydroxylation is 2. The number of hydrogen-bond donors (Lipinski definition) is 0. The van der Waals surface area contributed by atoms with Gasteiger partial charge in [0.15, 0.2) is 11.0 Å². The van der Waals surface area contributed by atoms with Crippen molar-refractivity contribution in [2.45, 2.75) is 39.6 Å². The number of benzene rings is 3. The number of nitrogens with zero attached hydrogens (tertiary/aromatic N) is 7. The molecule has 0 atom stereocenters. The number of thioether (sulfide) groups is 1. The van der Waals surface area contributed by atoms with Crippen molar-refractivity contribution in [3.63, 3.8) is 0 Å². The summed E-state index contributed by atoms with van der Waals surface area (Å²) >= 11 is 2.75. The van der Waals surface area contributed by atoms with Gasteiger partial charge in [0.1, 0.15) is 12.1 Å². The van der Waals surface area contributed by atoms with Crippen LogP contribution in [0.5, 0.6) is 5.75 Å². The van der Waals surface area contributed by atoms with E-state index in [9.17, 15) is 18.0 Å². The summed E-state index contributed by atoms with van der Waals surface area (Å²) in [5.74, 6) is 0.175. The zero-order chi connectivity index (χ0) is 32.0. The second-order valence-electron chi connectivity index (χ2n) is 9.65. The van der Waals surface area contributed by atoms with E-state index >= 15 is 0 Å². The summed E-state index contributed by atoms with van der Waals surface area (Å²) in [6, 6.07) is 21.0. The minimum atomic E-state index is -4.75. The highest BCUT2D eigenvalue weighted by atomic mass is 32.2. The summed E-state index contributed by atoms with van der Waals surface area (Å²) in [7, 11) is 0. The predicted molar refractivity (Wildman–Crippen MR) is 172 cm³/mol. The van der Waals surface area contributed by atoms with Crippen LogP contribution in [0.25, 0.3) is 22.8 Å². The van der Waals surface area contributed by atoms with Crippen molar-refractivity contribution in [3.8, 4) is 28.5 Å². The van der Waals surface area contributed by atoms with Crippen LogP contribution in [0, 0.1) is 0 Å². The Morgan fingerprint density at radius 1 is 1.02 bits per heavy atom. The third kappa shape index (κ3) is 7.81. The van der Waals surface area contributed by atoms with Crippen LogP contribution >= 0.6 is 23.3 Å². The molecule has 5 aromatic rings. The lowest BCUT2D eigenvalue weighted by Crippen LogP contribution is -2.29. The van der Waals surface area contributed by atoms with Gasteiger partial charge >= 0.3 is 12.1 Å². The first-order chi connectivity index (χ1) is 21.7. The first-order valence-corrected chi connectivity index (χ1v) is 16.1. The van der Waals surface area contributed by atoms with Gasteiger partial charge in [-0.15, -0.1) is 18.3 Å². The summed E-state index contributed by atoms with van der Waals surface area (Å²) < 4.78 is 46.0. The molecule has 0 saturated heterocycles. The highest BCUT2D eigenvalue weighted by Crippen LogP contribution is 2.24. The van der Waals surface area contributed by atoms with Gasteiger partial charge in [0.05, 0.1) is 11.4 Å². The van der Waals surface area contributed by atoms with Crippen molar-refractivity contribution in [1.29, 1.82) is 0 Å². The van der Waals surface area contributed by atoms with Crippen molar-refractivity contribution in [2.75, 3.05) is 12.8 Å². The highest BCUT2D eigenvalue weighted by Gasteiger charge is 2.31. The summed E-state index contributed by atoms with van der Waals surface area (Å²) in [4.78, 5) is 27.6. The first kappa shape index (κ1) is 32.0. The average molecular weight is 654 g/mol. The number of amidine groups is 1. The Kier molecular flexibility index (Phi) is 10.0. The van der Waals surface area contributed by atoms with Gasteiger partial charge in [-0.1, -0.05) is 61.2 Å². The molecule has 0 aliphatic carbocycles. The molecule has 14 heteroatoms. The van der Waals surface area contributed by atoms with E-state index in [0.717, 1.165) is 28.8 Å². The molecule has 0 aliphatic rings. The molecule has 2 aromatic heterocycles. The van der Waals surface area contributed by atoms with Crippen LogP contribution in [0.15, 0.2) is 93.9 Å². The van der Waals surface area contributed by atoms with E-state index in [0.29, 0.717) is 41.0 Å². The normalized spacial score (nSPS) is 12.6. The number of ether oxygens (including phenoxy) is 1. The molecule has 0 radical (unpaired) electrons. The molecular weight excluding hydrogens is 624 g/mol. The van der Waals surface area contributed by atoms with Crippen molar-refractivity contribution in [2.24, 2.45) is 9.98 Å². The molecule has 0 saturated carbocycles. The summed E-state index contributed by atoms with van der Waals surface area (Å²) in [6.45, 7) is 5.06. The fraction of sp³-hybridized carbons (Fsp3) is 0.258. The van der Waals surface area contributed by atoms with Gasteiger partial charge in [-0.3, -0.25) is 4.99 Å². The zero-order valence-corrected chi connectivity index (χ0v) is 26.4. The maximum atomic E-state index is 13.2. The smallest absolute Gasteiger partial charge is 0.406 e. The second kappa shape index (κ2) is 14.1. The third-order valence-electron chi connectivity index (χ3n) is 6.75. The maximum Gasteiger partial charge on any atom is 0.573 e. The Labute approximate surface area is 265 Å². The van der Waals surface area contributed by atoms with Crippen LogP contribution in [0.1, 0.15) is 25.0 Å². The molecule has 0 bridgehead atoms. The number of halogens is 3. The van der Waals surface area contributed by atoms with Gasteiger partial charge in [-0.25, -0.2) is 23.0 Å². The molecule has 0 aliphatic heterocycles. The van der Waals surface area contributed by atoms with Gasteiger partial charge < -0.3 is 4.74 Å². The van der Waals surface area contributed by atoms with Crippen molar-refractivity contribution < 1.29 is 17.9 Å². The van der Waals surface area contributed by atoms with Gasteiger partial charge in [-0.2, -0.15) is 4.99 Å². The maximum absolute atomic E-state index is 13.2. The monoisotopic (exact) mass is 653 g/mol. The lowest BCUT2D eigenvalue weighted by molar-refractivity contribution is -0.274. The molecular formula is C31H30F3N7O2S2. The molecule has 0 spiro atoms. The Balaban J connectivity index is 1.28. The number of alkyl halides is 3. The van der Waals surface area contributed by atoms with E-state index in [4.69, 9.17) is 9.98 Å². The standard InChI is InChI=1S/C31H30F3N7O2S2/c1-4-22-8-6-7-9-26(22)41-29(45-40(5-2)30(41)42)37-28(44-3)35-19-18-21-10-12-23(13-11-21)27-36-20-39(38-27)24-14-16-25(17-15-24)43-31(32,33)34/h6-17,20H,4-5,18-19H2,1-3H3/b35-28?,37-29-. The minimum Gasteiger partial charge on any atom is -0.406 e. The Hall–Kier alpha value is -4.43. The van der Waals surface area contributed by atoms with Crippen LogP contribution in [0.4, 0.5) is 13.2 Å². The molecule has 0 unspecified atom stereocenters. The lowest BCUT2D eigenvalue weighted by Gasteiger charge is -2.09. The second-order valence-corrected chi connectivity index (χ2v) is 11.4. The molecule has 5 rings (SSSR count). The summed E-state index contributed by atoms with van der Waals surface area (Å²) in [5, 5.41) is 5.04. The molecule has 0 amide bonds. The molecule has 45 heavy (non-hydrogen) atoms. The van der Waals surface area contributed by atoms with E-state index in [2.05, 4.69) is 21.7 Å². The number of rotatable bonds is 9. The van der Waals surface area contributed by atoms with Gasteiger partial charge in [0.25, 0.3) is 0 Å².